The van der Waals surface area contributed by atoms with Crippen LogP contribution in [0, 0.1) is 12.8 Å². The maximum atomic E-state index is 13.0. The van der Waals surface area contributed by atoms with Crippen molar-refractivity contribution in [2.75, 3.05) is 19.7 Å². The summed E-state index contributed by atoms with van der Waals surface area (Å²) in [5, 5.41) is 2.95. The fourth-order valence-corrected chi connectivity index (χ4v) is 4.70. The van der Waals surface area contributed by atoms with E-state index in [9.17, 15) is 13.2 Å². The lowest BCUT2D eigenvalue weighted by molar-refractivity contribution is -0.127. The minimum atomic E-state index is -3.63. The highest BCUT2D eigenvalue weighted by Crippen LogP contribution is 2.27. The third-order valence-corrected chi connectivity index (χ3v) is 6.20. The highest BCUT2D eigenvalue weighted by Gasteiger charge is 2.34. The van der Waals surface area contributed by atoms with Crippen molar-refractivity contribution < 1.29 is 17.9 Å². The Hall–Kier alpha value is -1.60. The van der Waals surface area contributed by atoms with E-state index in [0.29, 0.717) is 31.7 Å². The summed E-state index contributed by atoms with van der Waals surface area (Å²) in [7, 11) is -3.63. The lowest BCUT2D eigenvalue weighted by Crippen LogP contribution is -2.49. The van der Waals surface area contributed by atoms with Gasteiger partial charge in [-0.3, -0.25) is 4.79 Å². The van der Waals surface area contributed by atoms with Gasteiger partial charge in [0, 0.05) is 18.6 Å². The molecule has 1 saturated heterocycles. The third kappa shape index (κ3) is 4.98. The van der Waals surface area contributed by atoms with E-state index in [4.69, 9.17) is 4.74 Å². The van der Waals surface area contributed by atoms with E-state index < -0.39 is 10.0 Å². The molecule has 1 aliphatic rings. The monoisotopic (exact) mass is 382 g/mol. The smallest absolute Gasteiger partial charge is 0.243 e. The van der Waals surface area contributed by atoms with Crippen molar-refractivity contribution in [1.82, 2.24) is 9.62 Å². The van der Waals surface area contributed by atoms with Crippen molar-refractivity contribution in [3.05, 3.63) is 23.8 Å². The number of hydrogen-bond donors (Lipinski definition) is 1. The first-order valence-electron chi connectivity index (χ1n) is 9.10. The second-order valence-electron chi connectivity index (χ2n) is 7.80. The number of benzene rings is 1. The average molecular weight is 383 g/mol. The number of nitrogens with zero attached hydrogens (tertiary/aromatic N) is 1. The standard InChI is InChI=1S/C19H30N2O4S/c1-6-25-17-10-9-16(12-14(17)2)26(23,24)21-11-7-8-15(13-21)18(22)20-19(3,4)5/h9-10,12,15H,6-8,11,13H2,1-5H3,(H,20,22)/t15-/m0/s1. The van der Waals surface area contributed by atoms with Crippen molar-refractivity contribution >= 4 is 15.9 Å². The van der Waals surface area contributed by atoms with Gasteiger partial charge in [-0.25, -0.2) is 8.42 Å². The summed E-state index contributed by atoms with van der Waals surface area (Å²) in [5.74, 6) is 0.286. The Kier molecular flexibility index (Phi) is 6.34. The number of rotatable bonds is 5. The number of carbonyl (C=O) groups excluding carboxylic acids is 1. The van der Waals surface area contributed by atoms with Gasteiger partial charge in [0.05, 0.1) is 17.4 Å². The Morgan fingerprint density at radius 1 is 1.35 bits per heavy atom. The van der Waals surface area contributed by atoms with E-state index in [-0.39, 0.29) is 28.8 Å². The van der Waals surface area contributed by atoms with E-state index in [1.165, 1.54) is 4.31 Å². The normalized spacial score (nSPS) is 19.2. The van der Waals surface area contributed by atoms with E-state index in [1.54, 1.807) is 18.2 Å². The second-order valence-corrected chi connectivity index (χ2v) is 9.74. The number of sulfonamides is 1. The topological polar surface area (TPSA) is 75.7 Å². The highest BCUT2D eigenvalue weighted by atomic mass is 32.2. The van der Waals surface area contributed by atoms with E-state index in [0.717, 1.165) is 5.56 Å². The summed E-state index contributed by atoms with van der Waals surface area (Å²) in [6, 6.07) is 4.91. The van der Waals surface area contributed by atoms with Crippen molar-refractivity contribution in [2.24, 2.45) is 5.92 Å². The zero-order valence-corrected chi connectivity index (χ0v) is 17.1. The number of piperidine rings is 1. The van der Waals surface area contributed by atoms with E-state index in [2.05, 4.69) is 5.32 Å². The maximum absolute atomic E-state index is 13.0. The van der Waals surface area contributed by atoms with Gasteiger partial charge in [-0.2, -0.15) is 4.31 Å². The van der Waals surface area contributed by atoms with Crippen LogP contribution in [0.1, 0.15) is 46.1 Å². The molecular formula is C19H30N2O4S. The fraction of sp³-hybridized carbons (Fsp3) is 0.632. The summed E-state index contributed by atoms with van der Waals surface area (Å²) in [4.78, 5) is 12.7. The quantitative estimate of drug-likeness (QED) is 0.850. The third-order valence-electron chi connectivity index (χ3n) is 4.34. The van der Waals surface area contributed by atoms with E-state index >= 15 is 0 Å². The molecule has 0 bridgehead atoms. The van der Waals surface area contributed by atoms with Gasteiger partial charge in [-0.15, -0.1) is 0 Å². The largest absolute Gasteiger partial charge is 0.494 e. The first-order chi connectivity index (χ1) is 12.0. The lowest BCUT2D eigenvalue weighted by atomic mass is 9.97. The van der Waals surface area contributed by atoms with Gasteiger partial charge in [0.25, 0.3) is 0 Å². The maximum Gasteiger partial charge on any atom is 0.243 e. The molecule has 1 fully saturated rings. The van der Waals surface area contributed by atoms with Crippen molar-refractivity contribution in [3.8, 4) is 5.75 Å². The minimum Gasteiger partial charge on any atom is -0.494 e. The number of amides is 1. The molecule has 2 rings (SSSR count). The van der Waals surface area contributed by atoms with Crippen LogP contribution in [0.5, 0.6) is 5.75 Å². The predicted molar refractivity (Wildman–Crippen MR) is 102 cm³/mol. The van der Waals surface area contributed by atoms with Crippen LogP contribution in [0.15, 0.2) is 23.1 Å². The molecule has 0 aliphatic carbocycles. The van der Waals surface area contributed by atoms with Crippen LogP contribution in [0.4, 0.5) is 0 Å². The molecule has 1 heterocycles. The summed E-state index contributed by atoms with van der Waals surface area (Å²) in [6.45, 7) is 10.7. The summed E-state index contributed by atoms with van der Waals surface area (Å²) in [6.07, 6.45) is 1.38. The molecule has 1 atom stereocenters. The summed E-state index contributed by atoms with van der Waals surface area (Å²) in [5.41, 5.74) is 0.455. The van der Waals surface area contributed by atoms with Gasteiger partial charge in [0.15, 0.2) is 0 Å². The van der Waals surface area contributed by atoms with Crippen molar-refractivity contribution in [3.63, 3.8) is 0 Å². The fourth-order valence-electron chi connectivity index (χ4n) is 3.10. The molecule has 0 aromatic heterocycles. The summed E-state index contributed by atoms with van der Waals surface area (Å²) < 4.78 is 32.9. The molecule has 1 amide bonds. The van der Waals surface area contributed by atoms with Gasteiger partial charge in [-0.05, 0) is 71.2 Å². The Morgan fingerprint density at radius 2 is 2.04 bits per heavy atom. The average Bonchev–Trinajstić information content (AvgIpc) is 2.55. The Morgan fingerprint density at radius 3 is 2.62 bits per heavy atom. The van der Waals surface area contributed by atoms with Crippen LogP contribution in [-0.2, 0) is 14.8 Å². The first kappa shape index (κ1) is 20.7. The molecule has 0 unspecified atom stereocenters. The van der Waals surface area contributed by atoms with Gasteiger partial charge < -0.3 is 10.1 Å². The number of ether oxygens (including phenoxy) is 1. The second kappa shape index (κ2) is 7.96. The zero-order valence-electron chi connectivity index (χ0n) is 16.3. The molecule has 146 valence electrons. The zero-order chi connectivity index (χ0) is 19.5. The molecular weight excluding hydrogens is 352 g/mol. The highest BCUT2D eigenvalue weighted by molar-refractivity contribution is 7.89. The van der Waals surface area contributed by atoms with Crippen molar-refractivity contribution in [1.29, 1.82) is 0 Å². The van der Waals surface area contributed by atoms with Crippen LogP contribution < -0.4 is 10.1 Å². The van der Waals surface area contributed by atoms with Gasteiger partial charge in [0.1, 0.15) is 5.75 Å². The van der Waals surface area contributed by atoms with Gasteiger partial charge >= 0.3 is 0 Å². The van der Waals surface area contributed by atoms with E-state index in [1.807, 2.05) is 34.6 Å². The molecule has 0 radical (unpaired) electrons. The Bertz CT molecular complexity index is 753. The molecule has 1 aliphatic heterocycles. The lowest BCUT2D eigenvalue weighted by Gasteiger charge is -2.33. The summed E-state index contributed by atoms with van der Waals surface area (Å²) >= 11 is 0. The molecule has 1 aromatic carbocycles. The van der Waals surface area contributed by atoms with Crippen LogP contribution in [0.3, 0.4) is 0 Å². The molecule has 0 spiro atoms. The molecule has 26 heavy (non-hydrogen) atoms. The predicted octanol–water partition coefficient (Wildman–Crippen LogP) is 2.71. The van der Waals surface area contributed by atoms with Crippen LogP contribution in [-0.4, -0.2) is 43.9 Å². The number of carbonyl (C=O) groups is 1. The first-order valence-corrected chi connectivity index (χ1v) is 10.5. The van der Waals surface area contributed by atoms with Gasteiger partial charge in [0.2, 0.25) is 15.9 Å². The number of aryl methyl sites for hydroxylation is 1. The molecule has 1 N–H and O–H groups in total. The number of nitrogens with one attached hydrogen (secondary N) is 1. The Balaban J connectivity index is 2.18. The minimum absolute atomic E-state index is 0.0831. The van der Waals surface area contributed by atoms with Crippen LogP contribution in [0.25, 0.3) is 0 Å². The molecule has 7 heteroatoms. The molecule has 1 aromatic rings. The Labute approximate surface area is 157 Å². The molecule has 0 saturated carbocycles. The molecule has 6 nitrogen and oxygen atoms in total. The van der Waals surface area contributed by atoms with Gasteiger partial charge in [-0.1, -0.05) is 0 Å². The van der Waals surface area contributed by atoms with Crippen molar-refractivity contribution in [2.45, 2.75) is 57.9 Å². The number of hydrogen-bond acceptors (Lipinski definition) is 4. The van der Waals surface area contributed by atoms with Crippen LogP contribution in [0.2, 0.25) is 0 Å². The SMILES string of the molecule is CCOc1ccc(S(=O)(=O)N2CCC[C@H](C(=O)NC(C)(C)C)C2)cc1C. The van der Waals surface area contributed by atoms with Crippen LogP contribution >= 0.6 is 0 Å².